The van der Waals surface area contributed by atoms with E-state index < -0.39 is 0 Å². The third kappa shape index (κ3) is 2.81. The maximum atomic E-state index is 5.96. The van der Waals surface area contributed by atoms with Crippen LogP contribution in [0.15, 0.2) is 30.3 Å². The summed E-state index contributed by atoms with van der Waals surface area (Å²) in [4.78, 5) is 0. The van der Waals surface area contributed by atoms with Gasteiger partial charge >= 0.3 is 0 Å². The Morgan fingerprint density at radius 2 is 1.84 bits per heavy atom. The molecule has 0 fully saturated rings. The Bertz CT molecular complexity index is 519. The molecule has 1 atom stereocenters. The molecule has 2 rings (SSSR count). The van der Waals surface area contributed by atoms with Gasteiger partial charge in [0.25, 0.3) is 0 Å². The van der Waals surface area contributed by atoms with E-state index in [1.54, 1.807) is 0 Å². The summed E-state index contributed by atoms with van der Waals surface area (Å²) in [6.07, 6.45) is 0.997. The molecule has 102 valence electrons. The van der Waals surface area contributed by atoms with Gasteiger partial charge in [-0.2, -0.15) is 0 Å². The average Bonchev–Trinajstić information content (AvgIpc) is 2.85. The van der Waals surface area contributed by atoms with Gasteiger partial charge in [0.15, 0.2) is 0 Å². The highest BCUT2D eigenvalue weighted by atomic mass is 35.5. The van der Waals surface area contributed by atoms with E-state index in [4.69, 9.17) is 11.6 Å². The molecule has 2 aromatic rings. The van der Waals surface area contributed by atoms with Crippen LogP contribution >= 0.6 is 11.6 Å². The van der Waals surface area contributed by atoms with E-state index in [1.165, 1.54) is 5.56 Å². The Balaban J connectivity index is 2.47. The Morgan fingerprint density at radius 3 is 2.37 bits per heavy atom. The van der Waals surface area contributed by atoms with E-state index in [0.717, 1.165) is 18.1 Å². The van der Waals surface area contributed by atoms with Gasteiger partial charge in [-0.25, -0.2) is 0 Å². The molecule has 0 N–H and O–H groups in total. The monoisotopic (exact) mass is 277 g/mol. The molecule has 1 heterocycles. The van der Waals surface area contributed by atoms with Gasteiger partial charge < -0.3 is 4.57 Å². The van der Waals surface area contributed by atoms with Gasteiger partial charge in [0, 0.05) is 12.0 Å². The maximum absolute atomic E-state index is 5.96. The first kappa shape index (κ1) is 14.1. The summed E-state index contributed by atoms with van der Waals surface area (Å²) in [7, 11) is 0. The fraction of sp³-hybridized carbons (Fsp3) is 0.467. The highest BCUT2D eigenvalue weighted by molar-refractivity contribution is 6.16. The van der Waals surface area contributed by atoms with Crippen molar-refractivity contribution in [3.05, 3.63) is 47.5 Å². The van der Waals surface area contributed by atoms with Crippen molar-refractivity contribution in [3.8, 4) is 0 Å². The maximum Gasteiger partial charge on any atom is 0.148 e. The molecule has 1 aromatic heterocycles. The third-order valence-corrected chi connectivity index (χ3v) is 3.59. The van der Waals surface area contributed by atoms with Gasteiger partial charge in [0.2, 0.25) is 0 Å². The lowest BCUT2D eigenvalue weighted by Crippen LogP contribution is -2.13. The number of hydrogen-bond donors (Lipinski definition) is 0. The highest BCUT2D eigenvalue weighted by Crippen LogP contribution is 2.29. The van der Waals surface area contributed by atoms with Crippen LogP contribution in [0.1, 0.15) is 56.4 Å². The van der Waals surface area contributed by atoms with Crippen LogP contribution in [0.2, 0.25) is 0 Å². The Hall–Kier alpha value is -1.35. The SMILES string of the molecule is CCC(c1ccccc1)c1nnc(CCl)n1C(C)C. The van der Waals surface area contributed by atoms with E-state index in [1.807, 2.05) is 6.07 Å². The van der Waals surface area contributed by atoms with Gasteiger partial charge in [-0.3, -0.25) is 0 Å². The largest absolute Gasteiger partial charge is 0.311 e. The Kier molecular flexibility index (Phi) is 4.59. The van der Waals surface area contributed by atoms with Crippen molar-refractivity contribution in [3.63, 3.8) is 0 Å². The minimum atomic E-state index is 0.271. The van der Waals surface area contributed by atoms with Crippen LogP contribution in [0.25, 0.3) is 0 Å². The summed E-state index contributed by atoms with van der Waals surface area (Å²) in [6, 6.07) is 10.8. The van der Waals surface area contributed by atoms with Crippen molar-refractivity contribution in [1.29, 1.82) is 0 Å². The molecule has 0 aliphatic heterocycles. The zero-order valence-corrected chi connectivity index (χ0v) is 12.4. The molecule has 1 aromatic carbocycles. The second kappa shape index (κ2) is 6.20. The molecule has 0 aliphatic rings. The van der Waals surface area contributed by atoms with Crippen LogP contribution in [0.4, 0.5) is 0 Å². The standard InChI is InChI=1S/C15H20ClN3/c1-4-13(12-8-6-5-7-9-12)15-18-17-14(10-16)19(15)11(2)3/h5-9,11,13H,4,10H2,1-3H3. The van der Waals surface area contributed by atoms with Crippen molar-refractivity contribution < 1.29 is 0 Å². The molecular formula is C15H20ClN3. The van der Waals surface area contributed by atoms with E-state index in [9.17, 15) is 0 Å². The molecule has 3 nitrogen and oxygen atoms in total. The van der Waals surface area contributed by atoms with E-state index >= 15 is 0 Å². The van der Waals surface area contributed by atoms with Crippen molar-refractivity contribution in [2.45, 2.75) is 45.0 Å². The predicted molar refractivity (Wildman–Crippen MR) is 78.5 cm³/mol. The van der Waals surface area contributed by atoms with Crippen molar-refractivity contribution in [2.24, 2.45) is 0 Å². The van der Waals surface area contributed by atoms with E-state index in [0.29, 0.717) is 11.9 Å². The number of rotatable bonds is 5. The first-order valence-corrected chi connectivity index (χ1v) is 7.27. The summed E-state index contributed by atoms with van der Waals surface area (Å²) < 4.78 is 2.16. The molecule has 0 saturated carbocycles. The van der Waals surface area contributed by atoms with Crippen LogP contribution < -0.4 is 0 Å². The van der Waals surface area contributed by atoms with Crippen molar-refractivity contribution in [2.75, 3.05) is 0 Å². The second-order valence-corrected chi connectivity index (χ2v) is 5.21. The molecule has 0 saturated heterocycles. The summed E-state index contributed by atoms with van der Waals surface area (Å²) in [5, 5.41) is 8.62. The molecule has 1 unspecified atom stereocenters. The Morgan fingerprint density at radius 1 is 1.16 bits per heavy atom. The number of aromatic nitrogens is 3. The van der Waals surface area contributed by atoms with Crippen LogP contribution in [-0.4, -0.2) is 14.8 Å². The minimum absolute atomic E-state index is 0.271. The van der Waals surface area contributed by atoms with Gasteiger partial charge in [-0.05, 0) is 25.8 Å². The first-order chi connectivity index (χ1) is 9.19. The van der Waals surface area contributed by atoms with Crippen LogP contribution in [0.5, 0.6) is 0 Å². The molecule has 19 heavy (non-hydrogen) atoms. The van der Waals surface area contributed by atoms with Gasteiger partial charge in [0.1, 0.15) is 11.6 Å². The molecular weight excluding hydrogens is 258 g/mol. The number of alkyl halides is 1. The zero-order chi connectivity index (χ0) is 13.8. The van der Waals surface area contributed by atoms with Gasteiger partial charge in [-0.15, -0.1) is 21.8 Å². The van der Waals surface area contributed by atoms with Crippen LogP contribution in [0, 0.1) is 0 Å². The average molecular weight is 278 g/mol. The fourth-order valence-corrected chi connectivity index (χ4v) is 2.66. The quantitative estimate of drug-likeness (QED) is 0.769. The van der Waals surface area contributed by atoms with Crippen LogP contribution in [-0.2, 0) is 5.88 Å². The molecule has 0 radical (unpaired) electrons. The van der Waals surface area contributed by atoms with Crippen LogP contribution in [0.3, 0.4) is 0 Å². The van der Waals surface area contributed by atoms with Gasteiger partial charge in [-0.1, -0.05) is 37.3 Å². The van der Waals surface area contributed by atoms with Crippen molar-refractivity contribution >= 4 is 11.6 Å². The summed E-state index contributed by atoms with van der Waals surface area (Å²) in [6.45, 7) is 6.46. The first-order valence-electron chi connectivity index (χ1n) is 6.73. The number of nitrogens with zero attached hydrogens (tertiary/aromatic N) is 3. The number of halogens is 1. The topological polar surface area (TPSA) is 30.7 Å². The molecule has 0 spiro atoms. The summed E-state index contributed by atoms with van der Waals surface area (Å²) >= 11 is 5.96. The minimum Gasteiger partial charge on any atom is -0.311 e. The smallest absolute Gasteiger partial charge is 0.148 e. The van der Waals surface area contributed by atoms with Gasteiger partial charge in [0.05, 0.1) is 5.88 Å². The molecule has 0 amide bonds. The lowest BCUT2D eigenvalue weighted by Gasteiger charge is -2.19. The lowest BCUT2D eigenvalue weighted by atomic mass is 9.95. The zero-order valence-electron chi connectivity index (χ0n) is 11.7. The lowest BCUT2D eigenvalue weighted by molar-refractivity contribution is 0.530. The van der Waals surface area contributed by atoms with E-state index in [2.05, 4.69) is 59.8 Å². The fourth-order valence-electron chi connectivity index (χ4n) is 2.48. The second-order valence-electron chi connectivity index (χ2n) is 4.94. The third-order valence-electron chi connectivity index (χ3n) is 3.35. The van der Waals surface area contributed by atoms with E-state index in [-0.39, 0.29) is 5.92 Å². The number of hydrogen-bond acceptors (Lipinski definition) is 2. The summed E-state index contributed by atoms with van der Waals surface area (Å²) in [5.74, 6) is 2.53. The highest BCUT2D eigenvalue weighted by Gasteiger charge is 2.22. The molecule has 4 heteroatoms. The normalized spacial score (nSPS) is 12.9. The summed E-state index contributed by atoms with van der Waals surface area (Å²) in [5.41, 5.74) is 1.28. The predicted octanol–water partition coefficient (Wildman–Crippen LogP) is 4.14. The molecule has 0 aliphatic carbocycles. The molecule has 0 bridgehead atoms. The van der Waals surface area contributed by atoms with Crippen molar-refractivity contribution in [1.82, 2.24) is 14.8 Å². The Labute approximate surface area is 119 Å². The number of benzene rings is 1.